The van der Waals surface area contributed by atoms with Crippen molar-refractivity contribution in [1.82, 2.24) is 15.1 Å². The van der Waals surface area contributed by atoms with Gasteiger partial charge in [0.1, 0.15) is 0 Å². The van der Waals surface area contributed by atoms with E-state index in [1.165, 1.54) is 0 Å². The summed E-state index contributed by atoms with van der Waals surface area (Å²) in [6.45, 7) is 11.3. The van der Waals surface area contributed by atoms with Crippen LogP contribution in [0.25, 0.3) is 0 Å². The molecule has 1 aliphatic heterocycles. The molecule has 6 heteroatoms. The molecule has 2 rings (SSSR count). The molecule has 1 amide bonds. The van der Waals surface area contributed by atoms with Gasteiger partial charge >= 0.3 is 0 Å². The van der Waals surface area contributed by atoms with Gasteiger partial charge in [0.2, 0.25) is 5.91 Å². The minimum absolute atomic E-state index is 0.167. The number of amides is 1. The summed E-state index contributed by atoms with van der Waals surface area (Å²) in [5, 5.41) is 16.9. The van der Waals surface area contributed by atoms with Gasteiger partial charge in [0.15, 0.2) is 5.82 Å². The number of carbonyl (C=O) groups excluding carboxylic acids is 1. The highest BCUT2D eigenvalue weighted by Gasteiger charge is 2.30. The summed E-state index contributed by atoms with van der Waals surface area (Å²) < 4.78 is 0. The van der Waals surface area contributed by atoms with Crippen LogP contribution in [-0.4, -0.2) is 33.6 Å². The molecule has 0 saturated carbocycles. The van der Waals surface area contributed by atoms with Crippen molar-refractivity contribution in [2.75, 3.05) is 6.54 Å². The number of hydrogen-bond donors (Lipinski definition) is 0. The molecule has 0 bridgehead atoms. The van der Waals surface area contributed by atoms with Gasteiger partial charge in [0.25, 0.3) is 0 Å². The predicted octanol–water partition coefficient (Wildman–Crippen LogP) is 3.68. The van der Waals surface area contributed by atoms with Crippen molar-refractivity contribution in [2.24, 2.45) is 15.6 Å². The molecule has 23 heavy (non-hydrogen) atoms. The van der Waals surface area contributed by atoms with Crippen LogP contribution in [0.3, 0.4) is 0 Å². The second-order valence-electron chi connectivity index (χ2n) is 7.09. The fraction of sp³-hybridized carbons (Fsp3) is 0.706. The lowest BCUT2D eigenvalue weighted by atomic mass is 9.93. The minimum Gasteiger partial charge on any atom is -0.337 e. The lowest BCUT2D eigenvalue weighted by molar-refractivity contribution is -0.140. The minimum atomic E-state index is -0.365. The Hall–Kier alpha value is -1.85. The maximum absolute atomic E-state index is 12.5. The summed E-state index contributed by atoms with van der Waals surface area (Å²) >= 11 is 0. The van der Waals surface area contributed by atoms with Crippen molar-refractivity contribution in [3.8, 4) is 0 Å². The van der Waals surface area contributed by atoms with E-state index in [0.717, 1.165) is 30.5 Å². The zero-order chi connectivity index (χ0) is 17.0. The number of rotatable bonds is 4. The predicted molar refractivity (Wildman–Crippen MR) is 89.5 cm³/mol. The normalized spacial score (nSPS) is 15.3. The van der Waals surface area contributed by atoms with Gasteiger partial charge in [-0.15, -0.1) is 10.2 Å². The van der Waals surface area contributed by atoms with Gasteiger partial charge in [-0.3, -0.25) is 4.79 Å². The third kappa shape index (κ3) is 4.33. The third-order valence-corrected chi connectivity index (χ3v) is 4.12. The second-order valence-corrected chi connectivity index (χ2v) is 7.09. The zero-order valence-electron chi connectivity index (χ0n) is 14.8. The molecule has 0 fully saturated rings. The SMILES string of the molecule is CCC(CC)N=Nc1cc2c(nn1)CCN(C(=O)C(C)(C)C)C2. The van der Waals surface area contributed by atoms with Gasteiger partial charge in [-0.05, 0) is 24.5 Å². The quantitative estimate of drug-likeness (QED) is 0.795. The molecule has 126 valence electrons. The molecule has 1 aromatic rings. The van der Waals surface area contributed by atoms with Crippen molar-refractivity contribution in [1.29, 1.82) is 0 Å². The van der Waals surface area contributed by atoms with Crippen LogP contribution in [0.5, 0.6) is 0 Å². The second kappa shape index (κ2) is 7.15. The highest BCUT2D eigenvalue weighted by molar-refractivity contribution is 5.81. The van der Waals surface area contributed by atoms with Crippen LogP contribution in [-0.2, 0) is 17.8 Å². The number of carbonyl (C=O) groups is 1. The van der Waals surface area contributed by atoms with Gasteiger partial charge in [-0.1, -0.05) is 34.6 Å². The zero-order valence-corrected chi connectivity index (χ0v) is 14.8. The molecular weight excluding hydrogens is 290 g/mol. The van der Waals surface area contributed by atoms with Gasteiger partial charge in [-0.2, -0.15) is 10.2 Å². The van der Waals surface area contributed by atoms with E-state index in [1.807, 2.05) is 31.7 Å². The number of hydrogen-bond acceptors (Lipinski definition) is 5. The lowest BCUT2D eigenvalue weighted by Gasteiger charge is -2.32. The molecule has 6 nitrogen and oxygen atoms in total. The van der Waals surface area contributed by atoms with E-state index >= 15 is 0 Å². The van der Waals surface area contributed by atoms with Crippen molar-refractivity contribution >= 4 is 11.7 Å². The first-order valence-electron chi connectivity index (χ1n) is 8.40. The summed E-state index contributed by atoms with van der Waals surface area (Å²) in [4.78, 5) is 14.3. The first-order valence-corrected chi connectivity index (χ1v) is 8.40. The van der Waals surface area contributed by atoms with Crippen molar-refractivity contribution in [3.63, 3.8) is 0 Å². The Morgan fingerprint density at radius 2 is 2.00 bits per heavy atom. The smallest absolute Gasteiger partial charge is 0.228 e. The summed E-state index contributed by atoms with van der Waals surface area (Å²) in [7, 11) is 0. The summed E-state index contributed by atoms with van der Waals surface area (Å²) in [5.74, 6) is 0.695. The van der Waals surface area contributed by atoms with Crippen LogP contribution in [0.15, 0.2) is 16.3 Å². The van der Waals surface area contributed by atoms with Crippen molar-refractivity contribution < 1.29 is 4.79 Å². The monoisotopic (exact) mass is 317 g/mol. The fourth-order valence-electron chi connectivity index (χ4n) is 2.61. The molecule has 0 spiro atoms. The Balaban J connectivity index is 2.15. The molecule has 1 aliphatic rings. The summed E-state index contributed by atoms with van der Waals surface area (Å²) in [6, 6.07) is 2.14. The molecule has 0 N–H and O–H groups in total. The Morgan fingerprint density at radius 1 is 1.30 bits per heavy atom. The van der Waals surface area contributed by atoms with Gasteiger partial charge < -0.3 is 4.90 Å². The number of fused-ring (bicyclic) bond motifs is 1. The summed E-state index contributed by atoms with van der Waals surface area (Å²) in [6.07, 6.45) is 2.67. The topological polar surface area (TPSA) is 70.8 Å². The Morgan fingerprint density at radius 3 is 2.61 bits per heavy atom. The standard InChI is InChI=1S/C17H27N5O/c1-6-13(7-2)18-20-15-10-12-11-22(16(23)17(3,4)5)9-8-14(12)19-21-15/h10,13H,6-9,11H2,1-5H3. The Bertz CT molecular complexity index is 587. The Kier molecular flexibility index (Phi) is 5.44. The molecule has 2 heterocycles. The van der Waals surface area contributed by atoms with Gasteiger partial charge in [0.05, 0.1) is 11.7 Å². The van der Waals surface area contributed by atoms with E-state index in [1.54, 1.807) is 0 Å². The first-order chi connectivity index (χ1) is 10.8. The highest BCUT2D eigenvalue weighted by atomic mass is 16.2. The third-order valence-electron chi connectivity index (χ3n) is 4.12. The Labute approximate surface area is 138 Å². The molecule has 0 unspecified atom stereocenters. The molecular formula is C17H27N5O. The molecule has 0 aliphatic carbocycles. The van der Waals surface area contributed by atoms with E-state index in [-0.39, 0.29) is 17.4 Å². The maximum atomic E-state index is 12.5. The van der Waals surface area contributed by atoms with Crippen molar-refractivity contribution in [2.45, 2.75) is 66.5 Å². The largest absolute Gasteiger partial charge is 0.337 e. The summed E-state index contributed by atoms with van der Waals surface area (Å²) in [5.41, 5.74) is 1.63. The van der Waals surface area contributed by atoms with E-state index in [9.17, 15) is 4.79 Å². The van der Waals surface area contributed by atoms with Crippen LogP contribution >= 0.6 is 0 Å². The van der Waals surface area contributed by atoms with Crippen LogP contribution in [0, 0.1) is 5.41 Å². The van der Waals surface area contributed by atoms with Crippen LogP contribution in [0.1, 0.15) is 58.7 Å². The molecule has 0 radical (unpaired) electrons. The van der Waals surface area contributed by atoms with Crippen molar-refractivity contribution in [3.05, 3.63) is 17.3 Å². The van der Waals surface area contributed by atoms with Gasteiger partial charge in [0, 0.05) is 24.9 Å². The molecule has 1 aromatic heterocycles. The first kappa shape index (κ1) is 17.5. The fourth-order valence-corrected chi connectivity index (χ4v) is 2.61. The number of azo groups is 1. The molecule has 0 saturated heterocycles. The van der Waals surface area contributed by atoms with E-state index < -0.39 is 0 Å². The average molecular weight is 317 g/mol. The highest BCUT2D eigenvalue weighted by Crippen LogP contribution is 2.25. The average Bonchev–Trinajstić information content (AvgIpc) is 2.53. The van der Waals surface area contributed by atoms with Crippen LogP contribution in [0.4, 0.5) is 5.82 Å². The van der Waals surface area contributed by atoms with E-state index in [0.29, 0.717) is 18.9 Å². The molecule has 0 aromatic carbocycles. The van der Waals surface area contributed by atoms with Gasteiger partial charge in [-0.25, -0.2) is 0 Å². The van der Waals surface area contributed by atoms with Crippen LogP contribution in [0.2, 0.25) is 0 Å². The molecule has 0 atom stereocenters. The van der Waals surface area contributed by atoms with E-state index in [2.05, 4.69) is 34.3 Å². The van der Waals surface area contributed by atoms with E-state index in [4.69, 9.17) is 0 Å². The number of nitrogens with zero attached hydrogens (tertiary/aromatic N) is 5. The lowest BCUT2D eigenvalue weighted by Crippen LogP contribution is -2.42. The number of aromatic nitrogens is 2. The maximum Gasteiger partial charge on any atom is 0.228 e. The van der Waals surface area contributed by atoms with Crippen LogP contribution < -0.4 is 0 Å².